The third-order valence-corrected chi connectivity index (χ3v) is 4.32. The molecule has 0 aromatic rings. The van der Waals surface area contributed by atoms with Gasteiger partial charge in [0, 0.05) is 34.6 Å². The number of thioether (sulfide) groups is 1. The highest BCUT2D eigenvalue weighted by molar-refractivity contribution is 8.14. The van der Waals surface area contributed by atoms with E-state index in [0.717, 1.165) is 25.6 Å². The largest absolute Gasteiger partial charge is 0.463 e. The molecule has 27 heavy (non-hydrogen) atoms. The summed E-state index contributed by atoms with van der Waals surface area (Å²) in [4.78, 5) is 57.5. The molecule has 0 saturated carbocycles. The van der Waals surface area contributed by atoms with Gasteiger partial charge in [0.05, 0.1) is 0 Å². The molecule has 1 rings (SSSR count). The molecular weight excluding hydrogens is 382 g/mol. The van der Waals surface area contributed by atoms with Gasteiger partial charge in [0.2, 0.25) is 5.91 Å². The summed E-state index contributed by atoms with van der Waals surface area (Å²) in [6, 6.07) is -0.974. The zero-order chi connectivity index (χ0) is 20.7. The Labute approximate surface area is 160 Å². The van der Waals surface area contributed by atoms with Crippen molar-refractivity contribution in [1.29, 1.82) is 0 Å². The fourth-order valence-electron chi connectivity index (χ4n) is 2.55. The van der Waals surface area contributed by atoms with E-state index in [4.69, 9.17) is 18.9 Å². The lowest BCUT2D eigenvalue weighted by molar-refractivity contribution is -0.211. The van der Waals surface area contributed by atoms with Gasteiger partial charge in [0.25, 0.3) is 0 Å². The maximum atomic E-state index is 11.6. The van der Waals surface area contributed by atoms with Crippen molar-refractivity contribution in [3.05, 3.63) is 0 Å². The summed E-state index contributed by atoms with van der Waals surface area (Å²) in [5, 5.41) is 2.26. The minimum atomic E-state index is -1.16. The number of hydrogen-bond donors (Lipinski definition) is 1. The molecule has 1 fully saturated rings. The SMILES string of the molecule is CC(=O)NC1[C@@H](SC(C)=O)OC(COC(C)=O)[C@@H](OC(C)=O)[C@@H]1OC(C)=O. The van der Waals surface area contributed by atoms with E-state index < -0.39 is 53.6 Å². The van der Waals surface area contributed by atoms with Crippen LogP contribution in [0.1, 0.15) is 34.6 Å². The summed E-state index contributed by atoms with van der Waals surface area (Å²) < 4.78 is 21.2. The quantitative estimate of drug-likeness (QED) is 0.472. The van der Waals surface area contributed by atoms with Crippen molar-refractivity contribution >= 4 is 40.7 Å². The lowest BCUT2D eigenvalue weighted by Crippen LogP contribution is -2.65. The summed E-state index contributed by atoms with van der Waals surface area (Å²) in [6.07, 6.45) is -3.32. The van der Waals surface area contributed by atoms with E-state index in [9.17, 15) is 24.0 Å². The van der Waals surface area contributed by atoms with Crippen molar-refractivity contribution in [3.8, 4) is 0 Å². The van der Waals surface area contributed by atoms with Crippen molar-refractivity contribution in [1.82, 2.24) is 5.32 Å². The summed E-state index contributed by atoms with van der Waals surface area (Å²) in [5.41, 5.74) is -0.955. The maximum absolute atomic E-state index is 11.6. The second-order valence-electron chi connectivity index (χ2n) is 5.83. The van der Waals surface area contributed by atoms with Crippen molar-refractivity contribution in [2.24, 2.45) is 0 Å². The molecule has 1 aliphatic heterocycles. The zero-order valence-electron chi connectivity index (χ0n) is 15.7. The third kappa shape index (κ3) is 7.55. The number of carbonyl (C=O) groups is 5. The first-order valence-electron chi connectivity index (χ1n) is 8.08. The fourth-order valence-corrected chi connectivity index (χ4v) is 3.45. The van der Waals surface area contributed by atoms with Crippen LogP contribution in [0.5, 0.6) is 0 Å². The highest BCUT2D eigenvalue weighted by atomic mass is 32.2. The number of hydrogen-bond acceptors (Lipinski definition) is 10. The average Bonchev–Trinajstić information content (AvgIpc) is 2.49. The van der Waals surface area contributed by atoms with Crippen molar-refractivity contribution < 1.29 is 42.9 Å². The first kappa shape index (κ1) is 22.9. The van der Waals surface area contributed by atoms with E-state index >= 15 is 0 Å². The maximum Gasteiger partial charge on any atom is 0.303 e. The van der Waals surface area contributed by atoms with Gasteiger partial charge in [0.15, 0.2) is 17.3 Å². The Morgan fingerprint density at radius 2 is 1.44 bits per heavy atom. The minimum absolute atomic E-state index is 0.299. The molecule has 1 N–H and O–H groups in total. The Morgan fingerprint density at radius 1 is 0.889 bits per heavy atom. The number of ether oxygens (including phenoxy) is 4. The molecule has 0 aliphatic carbocycles. The van der Waals surface area contributed by atoms with Crippen LogP contribution in [0.2, 0.25) is 0 Å². The highest BCUT2D eigenvalue weighted by Gasteiger charge is 2.51. The Morgan fingerprint density at radius 3 is 1.89 bits per heavy atom. The molecular formula is C16H23NO9S. The number of esters is 3. The van der Waals surface area contributed by atoms with Gasteiger partial charge in [-0.05, 0) is 0 Å². The van der Waals surface area contributed by atoms with Crippen LogP contribution < -0.4 is 5.32 Å². The summed E-state index contributed by atoms with van der Waals surface area (Å²) in [7, 11) is 0. The minimum Gasteiger partial charge on any atom is -0.463 e. The number of rotatable bonds is 6. The smallest absolute Gasteiger partial charge is 0.303 e. The predicted molar refractivity (Wildman–Crippen MR) is 92.3 cm³/mol. The van der Waals surface area contributed by atoms with Crippen LogP contribution in [0.25, 0.3) is 0 Å². The van der Waals surface area contributed by atoms with E-state index in [1.54, 1.807) is 0 Å². The van der Waals surface area contributed by atoms with Crippen molar-refractivity contribution in [3.63, 3.8) is 0 Å². The molecule has 1 amide bonds. The highest BCUT2D eigenvalue weighted by Crippen LogP contribution is 2.32. The monoisotopic (exact) mass is 405 g/mol. The van der Waals surface area contributed by atoms with Gasteiger partial charge in [-0.15, -0.1) is 0 Å². The molecule has 152 valence electrons. The van der Waals surface area contributed by atoms with Gasteiger partial charge >= 0.3 is 17.9 Å². The Balaban J connectivity index is 3.29. The average molecular weight is 405 g/mol. The predicted octanol–water partition coefficient (Wildman–Crippen LogP) is -0.0778. The molecule has 10 nitrogen and oxygen atoms in total. The van der Waals surface area contributed by atoms with Crippen molar-refractivity contribution in [2.75, 3.05) is 6.61 Å². The van der Waals surface area contributed by atoms with E-state index in [1.807, 2.05) is 0 Å². The van der Waals surface area contributed by atoms with Crippen LogP contribution in [-0.2, 0) is 42.9 Å². The van der Waals surface area contributed by atoms with Gasteiger partial charge in [-0.2, -0.15) is 0 Å². The van der Waals surface area contributed by atoms with Crippen molar-refractivity contribution in [2.45, 2.75) is 64.4 Å². The molecule has 1 aliphatic rings. The van der Waals surface area contributed by atoms with Crippen LogP contribution in [-0.4, -0.2) is 65.3 Å². The van der Waals surface area contributed by atoms with Crippen LogP contribution in [0, 0.1) is 0 Å². The second kappa shape index (κ2) is 10.3. The molecule has 0 spiro atoms. The first-order valence-corrected chi connectivity index (χ1v) is 8.96. The molecule has 11 heteroatoms. The van der Waals surface area contributed by atoms with Crippen LogP contribution in [0.15, 0.2) is 0 Å². The molecule has 1 saturated heterocycles. The lowest BCUT2D eigenvalue weighted by atomic mass is 9.97. The first-order chi connectivity index (χ1) is 12.5. The molecule has 0 radical (unpaired) electrons. The summed E-state index contributed by atoms with van der Waals surface area (Å²) >= 11 is 0.767. The standard InChI is InChI=1S/C16H23NO9S/c1-7(18)17-13-15(25-10(4)21)14(24-9(3)20)12(6-23-8(2)19)26-16(13)27-11(5)22/h12-16H,6H2,1-5H3,(H,17,18)/t12?,13?,14-,15-,16-/m1/s1. The number of amides is 1. The molecule has 0 aromatic carbocycles. The molecule has 0 bridgehead atoms. The van der Waals surface area contributed by atoms with Crippen LogP contribution >= 0.6 is 11.8 Å². The van der Waals surface area contributed by atoms with E-state index in [2.05, 4.69) is 5.32 Å². The number of nitrogens with one attached hydrogen (secondary N) is 1. The van der Waals surface area contributed by atoms with Crippen LogP contribution in [0.4, 0.5) is 0 Å². The van der Waals surface area contributed by atoms with E-state index in [1.165, 1.54) is 20.8 Å². The molecule has 5 atom stereocenters. The second-order valence-corrected chi connectivity index (χ2v) is 7.10. The van der Waals surface area contributed by atoms with Gasteiger partial charge in [-0.25, -0.2) is 0 Å². The molecule has 0 aromatic heterocycles. The Bertz CT molecular complexity index is 609. The van der Waals surface area contributed by atoms with E-state index in [-0.39, 0.29) is 11.7 Å². The van der Waals surface area contributed by atoms with Gasteiger partial charge in [0.1, 0.15) is 24.2 Å². The van der Waals surface area contributed by atoms with Gasteiger partial charge in [-0.1, -0.05) is 11.8 Å². The lowest BCUT2D eigenvalue weighted by Gasteiger charge is -2.44. The zero-order valence-corrected chi connectivity index (χ0v) is 16.5. The summed E-state index contributed by atoms with van der Waals surface area (Å²) in [6.45, 7) is 5.74. The van der Waals surface area contributed by atoms with E-state index in [0.29, 0.717) is 0 Å². The van der Waals surface area contributed by atoms with Gasteiger partial charge < -0.3 is 24.3 Å². The van der Waals surface area contributed by atoms with Crippen LogP contribution in [0.3, 0.4) is 0 Å². The normalized spacial score (nSPS) is 27.2. The fraction of sp³-hybridized carbons (Fsp3) is 0.688. The molecule has 2 unspecified atom stereocenters. The number of carbonyl (C=O) groups excluding carboxylic acids is 5. The Hall–Kier alpha value is -2.14. The third-order valence-electron chi connectivity index (χ3n) is 3.35. The molecule has 1 heterocycles. The van der Waals surface area contributed by atoms with Gasteiger partial charge in [-0.3, -0.25) is 24.0 Å². The topological polar surface area (TPSA) is 134 Å². The Kier molecular flexibility index (Phi) is 8.70. The summed E-state index contributed by atoms with van der Waals surface area (Å²) in [5.74, 6) is -2.43.